The number of nitrogens with one attached hydrogen (secondary N) is 1. The molecule has 0 saturated carbocycles. The average molecular weight is 379 g/mol. The van der Waals surface area contributed by atoms with Crippen LogP contribution in [-0.2, 0) is 22.7 Å². The van der Waals surface area contributed by atoms with Crippen molar-refractivity contribution in [1.29, 1.82) is 0 Å². The van der Waals surface area contributed by atoms with Crippen LogP contribution in [0.4, 0.5) is 5.82 Å². The lowest BCUT2D eigenvalue weighted by molar-refractivity contribution is -0.116. The van der Waals surface area contributed by atoms with Crippen molar-refractivity contribution in [3.8, 4) is 11.4 Å². The van der Waals surface area contributed by atoms with Gasteiger partial charge >= 0.3 is 0 Å². The second kappa shape index (κ2) is 7.88. The number of aryl methyl sites for hydroxylation is 1. The fraction of sp³-hybridized carbons (Fsp3) is 0.238. The molecule has 4 rings (SSSR count). The number of carbonyl (C=O) groups excluding carboxylic acids is 1. The molecule has 0 unspecified atom stereocenters. The normalized spacial score (nSPS) is 12.6. The van der Waals surface area contributed by atoms with E-state index in [1.165, 1.54) is 0 Å². The summed E-state index contributed by atoms with van der Waals surface area (Å²) in [4.78, 5) is 12.6. The summed E-state index contributed by atoms with van der Waals surface area (Å²) in [7, 11) is 1.65. The minimum Gasteiger partial charge on any atom is -0.497 e. The number of nitrogens with zero attached hydrogens (tertiary/aromatic N) is 2. The number of hydrogen-bond acceptors (Lipinski definition) is 4. The summed E-state index contributed by atoms with van der Waals surface area (Å²) >= 11 is 1.83. The first kappa shape index (κ1) is 17.7. The standard InChI is InChI=1S/C21H21N3O2S/c1-26-17-10-7-15(8-11-17)9-12-20(25)22-21-18-13-27-14-19(18)23-24(21)16-5-3-2-4-6-16/h2-8,10-11H,9,12-14H2,1H3,(H,22,25). The maximum Gasteiger partial charge on any atom is 0.225 e. The van der Waals surface area contributed by atoms with E-state index < -0.39 is 0 Å². The number of hydrogen-bond donors (Lipinski definition) is 1. The highest BCUT2D eigenvalue weighted by atomic mass is 32.2. The predicted octanol–water partition coefficient (Wildman–Crippen LogP) is 4.20. The van der Waals surface area contributed by atoms with Gasteiger partial charge in [0.05, 0.1) is 18.5 Å². The Bertz CT molecular complexity index is 936. The maximum absolute atomic E-state index is 12.6. The number of carbonyl (C=O) groups is 1. The Kier molecular flexibility index (Phi) is 5.16. The Morgan fingerprint density at radius 1 is 1.15 bits per heavy atom. The van der Waals surface area contributed by atoms with Gasteiger partial charge in [-0.1, -0.05) is 30.3 Å². The van der Waals surface area contributed by atoms with E-state index in [0.717, 1.165) is 45.6 Å². The first-order chi connectivity index (χ1) is 13.2. The summed E-state index contributed by atoms with van der Waals surface area (Å²) in [6.45, 7) is 0. The first-order valence-corrected chi connectivity index (χ1v) is 10.1. The molecule has 1 aliphatic rings. The SMILES string of the molecule is COc1ccc(CCC(=O)Nc2c3c(nn2-c2ccccc2)CSC3)cc1. The molecular weight excluding hydrogens is 358 g/mol. The quantitative estimate of drug-likeness (QED) is 0.697. The van der Waals surface area contributed by atoms with E-state index >= 15 is 0 Å². The van der Waals surface area contributed by atoms with E-state index in [1.807, 2.05) is 71.0 Å². The van der Waals surface area contributed by atoms with Gasteiger partial charge in [-0.15, -0.1) is 0 Å². The molecule has 0 spiro atoms. The molecule has 5 nitrogen and oxygen atoms in total. The largest absolute Gasteiger partial charge is 0.497 e. The second-order valence-corrected chi connectivity index (χ2v) is 7.40. The van der Waals surface area contributed by atoms with Gasteiger partial charge < -0.3 is 10.1 Å². The summed E-state index contributed by atoms with van der Waals surface area (Å²) in [5, 5.41) is 7.82. The Balaban J connectivity index is 1.49. The van der Waals surface area contributed by atoms with Crippen molar-refractivity contribution in [2.24, 2.45) is 0 Å². The molecule has 0 atom stereocenters. The van der Waals surface area contributed by atoms with Gasteiger partial charge in [0.2, 0.25) is 5.91 Å². The fourth-order valence-corrected chi connectivity index (χ4v) is 4.18. The number of rotatable bonds is 6. The number of methoxy groups -OCH3 is 1. The number of benzene rings is 2. The highest BCUT2D eigenvalue weighted by molar-refractivity contribution is 7.98. The Morgan fingerprint density at radius 3 is 2.67 bits per heavy atom. The minimum atomic E-state index is 0.00241. The van der Waals surface area contributed by atoms with Crippen LogP contribution in [0.2, 0.25) is 0 Å². The highest BCUT2D eigenvalue weighted by Crippen LogP contribution is 2.36. The summed E-state index contributed by atoms with van der Waals surface area (Å²) in [6, 6.07) is 17.8. The van der Waals surface area contributed by atoms with Crippen LogP contribution in [0.15, 0.2) is 54.6 Å². The van der Waals surface area contributed by atoms with Crippen LogP contribution in [0.25, 0.3) is 5.69 Å². The van der Waals surface area contributed by atoms with Gasteiger partial charge in [0.1, 0.15) is 11.6 Å². The summed E-state index contributed by atoms with van der Waals surface area (Å²) in [5.74, 6) is 3.41. The molecule has 2 aromatic carbocycles. The van der Waals surface area contributed by atoms with Crippen molar-refractivity contribution >= 4 is 23.5 Å². The van der Waals surface area contributed by atoms with Crippen LogP contribution in [0, 0.1) is 0 Å². The number of fused-ring (bicyclic) bond motifs is 1. The molecule has 0 saturated heterocycles. The van der Waals surface area contributed by atoms with Crippen LogP contribution in [-0.4, -0.2) is 22.8 Å². The van der Waals surface area contributed by atoms with E-state index in [1.54, 1.807) is 7.11 Å². The molecule has 6 heteroatoms. The molecule has 0 radical (unpaired) electrons. The van der Waals surface area contributed by atoms with E-state index in [4.69, 9.17) is 9.84 Å². The zero-order valence-electron chi connectivity index (χ0n) is 15.1. The zero-order valence-corrected chi connectivity index (χ0v) is 16.0. The van der Waals surface area contributed by atoms with Crippen LogP contribution < -0.4 is 10.1 Å². The number of anilines is 1. The molecule has 2 heterocycles. The van der Waals surface area contributed by atoms with E-state index in [2.05, 4.69) is 5.32 Å². The van der Waals surface area contributed by atoms with Crippen LogP contribution in [0.3, 0.4) is 0 Å². The second-order valence-electron chi connectivity index (χ2n) is 6.41. The minimum absolute atomic E-state index is 0.00241. The smallest absolute Gasteiger partial charge is 0.225 e. The summed E-state index contributed by atoms with van der Waals surface area (Å²) < 4.78 is 7.03. The van der Waals surface area contributed by atoms with Crippen molar-refractivity contribution < 1.29 is 9.53 Å². The maximum atomic E-state index is 12.6. The number of amides is 1. The van der Waals surface area contributed by atoms with Crippen molar-refractivity contribution in [2.45, 2.75) is 24.3 Å². The monoisotopic (exact) mass is 379 g/mol. The van der Waals surface area contributed by atoms with Crippen molar-refractivity contribution in [3.05, 3.63) is 71.4 Å². The summed E-state index contributed by atoms with van der Waals surface area (Å²) in [6.07, 6.45) is 1.11. The molecule has 0 aliphatic carbocycles. The molecule has 138 valence electrons. The lowest BCUT2D eigenvalue weighted by Crippen LogP contribution is -2.16. The fourth-order valence-electron chi connectivity index (χ4n) is 3.14. The van der Waals surface area contributed by atoms with Crippen molar-refractivity contribution in [2.75, 3.05) is 12.4 Å². The molecule has 1 aromatic heterocycles. The summed E-state index contributed by atoms with van der Waals surface area (Å²) in [5.41, 5.74) is 4.28. The van der Waals surface area contributed by atoms with Crippen LogP contribution in [0.5, 0.6) is 5.75 Å². The van der Waals surface area contributed by atoms with Gasteiger partial charge in [-0.2, -0.15) is 16.9 Å². The Morgan fingerprint density at radius 2 is 1.93 bits per heavy atom. The third-order valence-electron chi connectivity index (χ3n) is 4.61. The molecule has 1 aliphatic heterocycles. The predicted molar refractivity (Wildman–Crippen MR) is 109 cm³/mol. The zero-order chi connectivity index (χ0) is 18.6. The third kappa shape index (κ3) is 3.85. The third-order valence-corrected chi connectivity index (χ3v) is 5.58. The lowest BCUT2D eigenvalue weighted by atomic mass is 10.1. The van der Waals surface area contributed by atoms with E-state index in [9.17, 15) is 4.79 Å². The van der Waals surface area contributed by atoms with Gasteiger partial charge in [-0.25, -0.2) is 4.68 Å². The van der Waals surface area contributed by atoms with Crippen molar-refractivity contribution in [3.63, 3.8) is 0 Å². The number of thioether (sulfide) groups is 1. The Hall–Kier alpha value is -2.73. The van der Waals surface area contributed by atoms with Crippen LogP contribution >= 0.6 is 11.8 Å². The molecule has 1 N–H and O–H groups in total. The molecule has 27 heavy (non-hydrogen) atoms. The molecular formula is C21H21N3O2S. The molecule has 3 aromatic rings. The van der Waals surface area contributed by atoms with Gasteiger partial charge in [-0.05, 0) is 36.2 Å². The lowest BCUT2D eigenvalue weighted by Gasteiger charge is -2.11. The average Bonchev–Trinajstić information content (AvgIpc) is 3.30. The topological polar surface area (TPSA) is 56.1 Å². The number of para-hydroxylation sites is 1. The van der Waals surface area contributed by atoms with E-state index in [0.29, 0.717) is 12.8 Å². The number of ether oxygens (including phenoxy) is 1. The first-order valence-electron chi connectivity index (χ1n) is 8.91. The number of aromatic nitrogens is 2. The van der Waals surface area contributed by atoms with Crippen LogP contribution in [0.1, 0.15) is 23.2 Å². The highest BCUT2D eigenvalue weighted by Gasteiger charge is 2.24. The Labute approximate surface area is 162 Å². The molecule has 0 bridgehead atoms. The molecule has 1 amide bonds. The van der Waals surface area contributed by atoms with Gasteiger partial charge in [-0.3, -0.25) is 4.79 Å². The van der Waals surface area contributed by atoms with Gasteiger partial charge in [0.15, 0.2) is 0 Å². The van der Waals surface area contributed by atoms with Crippen molar-refractivity contribution in [1.82, 2.24) is 9.78 Å². The van der Waals surface area contributed by atoms with E-state index in [-0.39, 0.29) is 5.91 Å². The van der Waals surface area contributed by atoms with Gasteiger partial charge in [0, 0.05) is 23.5 Å². The molecule has 0 fully saturated rings. The van der Waals surface area contributed by atoms with Gasteiger partial charge in [0.25, 0.3) is 0 Å².